The Bertz CT molecular complexity index is 568. The van der Waals surface area contributed by atoms with E-state index < -0.39 is 5.97 Å². The molecule has 0 unspecified atom stereocenters. The first kappa shape index (κ1) is 12.2. The fourth-order valence-electron chi connectivity index (χ4n) is 1.63. The van der Waals surface area contributed by atoms with Gasteiger partial charge in [-0.25, -0.2) is 14.8 Å². The zero-order valence-electron chi connectivity index (χ0n) is 10.2. The van der Waals surface area contributed by atoms with Crippen molar-refractivity contribution in [3.8, 4) is 11.4 Å². The largest absolute Gasteiger partial charge is 0.478 e. The molecule has 18 heavy (non-hydrogen) atoms. The smallest absolute Gasteiger partial charge is 0.339 e. The van der Waals surface area contributed by atoms with Crippen molar-refractivity contribution in [3.63, 3.8) is 0 Å². The lowest BCUT2D eigenvalue weighted by Gasteiger charge is -2.09. The maximum atomic E-state index is 11.1. The standard InChI is InChI=1S/C13H13N3O2/c1-8(2)11-10(13(17)18)7-15-12(16-11)9-4-3-5-14-6-9/h3-8H,1-2H3,(H,17,18). The Balaban J connectivity index is 2.54. The number of pyridine rings is 1. The highest BCUT2D eigenvalue weighted by Gasteiger charge is 2.16. The van der Waals surface area contributed by atoms with Crippen molar-refractivity contribution in [2.24, 2.45) is 0 Å². The van der Waals surface area contributed by atoms with Crippen molar-refractivity contribution in [1.29, 1.82) is 0 Å². The maximum Gasteiger partial charge on any atom is 0.339 e. The zero-order valence-corrected chi connectivity index (χ0v) is 10.2. The summed E-state index contributed by atoms with van der Waals surface area (Å²) in [4.78, 5) is 23.5. The van der Waals surface area contributed by atoms with Crippen LogP contribution >= 0.6 is 0 Å². The molecule has 2 aromatic heterocycles. The molecular weight excluding hydrogens is 230 g/mol. The second-order valence-electron chi connectivity index (χ2n) is 4.19. The summed E-state index contributed by atoms with van der Waals surface area (Å²) in [6.07, 6.45) is 4.67. The Morgan fingerprint density at radius 1 is 1.33 bits per heavy atom. The van der Waals surface area contributed by atoms with Gasteiger partial charge in [-0.15, -0.1) is 0 Å². The Labute approximate surface area is 105 Å². The van der Waals surface area contributed by atoms with E-state index in [1.165, 1.54) is 6.20 Å². The van der Waals surface area contributed by atoms with Crippen LogP contribution in [0.25, 0.3) is 11.4 Å². The van der Waals surface area contributed by atoms with Crippen LogP contribution in [0.3, 0.4) is 0 Å². The maximum absolute atomic E-state index is 11.1. The Morgan fingerprint density at radius 2 is 2.11 bits per heavy atom. The minimum absolute atomic E-state index is 0.0227. The van der Waals surface area contributed by atoms with Crippen molar-refractivity contribution in [2.75, 3.05) is 0 Å². The van der Waals surface area contributed by atoms with E-state index >= 15 is 0 Å². The molecule has 0 spiro atoms. The van der Waals surface area contributed by atoms with Crippen molar-refractivity contribution in [3.05, 3.63) is 42.0 Å². The number of aromatic nitrogens is 3. The summed E-state index contributed by atoms with van der Waals surface area (Å²) >= 11 is 0. The third-order valence-corrected chi connectivity index (χ3v) is 2.52. The topological polar surface area (TPSA) is 76.0 Å². The van der Waals surface area contributed by atoms with Crippen LogP contribution in [-0.2, 0) is 0 Å². The van der Waals surface area contributed by atoms with E-state index in [1.807, 2.05) is 19.9 Å². The molecule has 0 aliphatic rings. The molecule has 2 aromatic rings. The summed E-state index contributed by atoms with van der Waals surface area (Å²) in [6, 6.07) is 3.63. The lowest BCUT2D eigenvalue weighted by molar-refractivity contribution is 0.0694. The molecule has 0 atom stereocenters. The van der Waals surface area contributed by atoms with Gasteiger partial charge in [0.25, 0.3) is 0 Å². The van der Waals surface area contributed by atoms with Gasteiger partial charge in [-0.05, 0) is 18.1 Å². The lowest BCUT2D eigenvalue weighted by Crippen LogP contribution is -2.08. The number of aromatic carboxylic acids is 1. The quantitative estimate of drug-likeness (QED) is 0.895. The average molecular weight is 243 g/mol. The van der Waals surface area contributed by atoms with Crippen LogP contribution in [0.4, 0.5) is 0 Å². The van der Waals surface area contributed by atoms with Crippen LogP contribution in [0.15, 0.2) is 30.7 Å². The van der Waals surface area contributed by atoms with Gasteiger partial charge in [0.2, 0.25) is 0 Å². The van der Waals surface area contributed by atoms with E-state index in [0.29, 0.717) is 11.5 Å². The summed E-state index contributed by atoms with van der Waals surface area (Å²) < 4.78 is 0. The second kappa shape index (κ2) is 4.91. The third-order valence-electron chi connectivity index (χ3n) is 2.52. The second-order valence-corrected chi connectivity index (χ2v) is 4.19. The van der Waals surface area contributed by atoms with E-state index in [4.69, 9.17) is 5.11 Å². The lowest BCUT2D eigenvalue weighted by atomic mass is 10.0. The van der Waals surface area contributed by atoms with Gasteiger partial charge in [0.05, 0.1) is 11.3 Å². The Hall–Kier alpha value is -2.30. The van der Waals surface area contributed by atoms with Gasteiger partial charge in [-0.1, -0.05) is 13.8 Å². The van der Waals surface area contributed by atoms with E-state index in [-0.39, 0.29) is 11.5 Å². The molecule has 0 aromatic carbocycles. The fourth-order valence-corrected chi connectivity index (χ4v) is 1.63. The van der Waals surface area contributed by atoms with Crippen LogP contribution in [0, 0.1) is 0 Å². The molecule has 0 saturated carbocycles. The molecule has 1 N–H and O–H groups in total. The predicted octanol–water partition coefficient (Wildman–Crippen LogP) is 2.36. The Kier molecular flexibility index (Phi) is 3.32. The summed E-state index contributed by atoms with van der Waals surface area (Å²) in [7, 11) is 0. The highest BCUT2D eigenvalue weighted by molar-refractivity contribution is 5.88. The van der Waals surface area contributed by atoms with E-state index in [2.05, 4.69) is 15.0 Å². The van der Waals surface area contributed by atoms with Crippen LogP contribution in [0.1, 0.15) is 35.8 Å². The first-order chi connectivity index (χ1) is 8.59. The number of nitrogens with zero attached hydrogens (tertiary/aromatic N) is 3. The molecule has 0 aliphatic heterocycles. The molecule has 0 saturated heterocycles. The van der Waals surface area contributed by atoms with Crippen LogP contribution in [0.2, 0.25) is 0 Å². The van der Waals surface area contributed by atoms with Gasteiger partial charge in [-0.3, -0.25) is 4.98 Å². The van der Waals surface area contributed by atoms with Crippen LogP contribution in [0.5, 0.6) is 0 Å². The van der Waals surface area contributed by atoms with E-state index in [1.54, 1.807) is 18.5 Å². The SMILES string of the molecule is CC(C)c1nc(-c2cccnc2)ncc1C(=O)O. The number of hydrogen-bond acceptors (Lipinski definition) is 4. The molecule has 2 heterocycles. The number of carboxylic acids is 1. The average Bonchev–Trinajstić information content (AvgIpc) is 2.39. The molecule has 5 heteroatoms. The summed E-state index contributed by atoms with van der Waals surface area (Å²) in [6.45, 7) is 3.81. The zero-order chi connectivity index (χ0) is 13.1. The summed E-state index contributed by atoms with van der Waals surface area (Å²) in [5.74, 6) is -0.484. The van der Waals surface area contributed by atoms with E-state index in [0.717, 1.165) is 5.56 Å². The normalized spacial score (nSPS) is 10.6. The minimum atomic E-state index is -1.00. The first-order valence-corrected chi connectivity index (χ1v) is 5.60. The monoisotopic (exact) mass is 243 g/mol. The first-order valence-electron chi connectivity index (χ1n) is 5.60. The van der Waals surface area contributed by atoms with Gasteiger partial charge in [-0.2, -0.15) is 0 Å². The Morgan fingerprint density at radius 3 is 2.67 bits per heavy atom. The molecule has 0 aliphatic carbocycles. The van der Waals surface area contributed by atoms with E-state index in [9.17, 15) is 4.79 Å². The van der Waals surface area contributed by atoms with Gasteiger partial charge < -0.3 is 5.11 Å². The third kappa shape index (κ3) is 2.34. The molecule has 0 amide bonds. The van der Waals surface area contributed by atoms with Crippen LogP contribution in [-0.4, -0.2) is 26.0 Å². The van der Waals surface area contributed by atoms with Crippen molar-refractivity contribution < 1.29 is 9.90 Å². The summed E-state index contributed by atoms with van der Waals surface area (Å²) in [5, 5.41) is 9.08. The number of carboxylic acid groups (broad SMARTS) is 1. The number of rotatable bonds is 3. The van der Waals surface area contributed by atoms with Crippen molar-refractivity contribution in [1.82, 2.24) is 15.0 Å². The highest BCUT2D eigenvalue weighted by Crippen LogP contribution is 2.20. The molecule has 92 valence electrons. The predicted molar refractivity (Wildman–Crippen MR) is 66.3 cm³/mol. The molecular formula is C13H13N3O2. The van der Waals surface area contributed by atoms with Gasteiger partial charge in [0.1, 0.15) is 0 Å². The number of carbonyl (C=O) groups is 1. The van der Waals surface area contributed by atoms with Gasteiger partial charge in [0.15, 0.2) is 5.82 Å². The fraction of sp³-hybridized carbons (Fsp3) is 0.231. The molecule has 0 radical (unpaired) electrons. The van der Waals surface area contributed by atoms with Gasteiger partial charge >= 0.3 is 5.97 Å². The molecule has 2 rings (SSSR count). The summed E-state index contributed by atoms with van der Waals surface area (Å²) in [5.41, 5.74) is 1.46. The molecule has 5 nitrogen and oxygen atoms in total. The highest BCUT2D eigenvalue weighted by atomic mass is 16.4. The van der Waals surface area contributed by atoms with Gasteiger partial charge in [0, 0.05) is 24.2 Å². The number of hydrogen-bond donors (Lipinski definition) is 1. The van der Waals surface area contributed by atoms with Crippen molar-refractivity contribution >= 4 is 5.97 Å². The molecule has 0 fully saturated rings. The van der Waals surface area contributed by atoms with Crippen LogP contribution < -0.4 is 0 Å². The molecule has 0 bridgehead atoms. The van der Waals surface area contributed by atoms with Crippen molar-refractivity contribution in [2.45, 2.75) is 19.8 Å². The minimum Gasteiger partial charge on any atom is -0.478 e.